The van der Waals surface area contributed by atoms with Gasteiger partial charge in [0.1, 0.15) is 17.4 Å². The number of rotatable bonds is 6. The fraction of sp³-hybridized carbons (Fsp3) is 0.154. The number of ether oxygens (including phenoxy) is 1. The Labute approximate surface area is 207 Å². The van der Waals surface area contributed by atoms with E-state index in [4.69, 9.17) is 16.3 Å². The SMILES string of the molecule is COc1cc(/C=C(\C#N)C(=O)Nc2ccc(C)cc2C)cc(I)c1Cc1ccccc1Cl. The summed E-state index contributed by atoms with van der Waals surface area (Å²) in [5, 5.41) is 13.1. The topological polar surface area (TPSA) is 62.1 Å². The van der Waals surface area contributed by atoms with Crippen molar-refractivity contribution in [3.8, 4) is 11.8 Å². The van der Waals surface area contributed by atoms with Gasteiger partial charge in [-0.05, 0) is 83.5 Å². The van der Waals surface area contributed by atoms with Gasteiger partial charge in [0.15, 0.2) is 0 Å². The quantitative estimate of drug-likeness (QED) is 0.209. The van der Waals surface area contributed by atoms with Gasteiger partial charge in [-0.15, -0.1) is 0 Å². The van der Waals surface area contributed by atoms with Gasteiger partial charge >= 0.3 is 0 Å². The molecule has 3 aromatic rings. The molecule has 0 atom stereocenters. The average Bonchev–Trinajstić information content (AvgIpc) is 2.76. The molecule has 1 N–H and O–H groups in total. The highest BCUT2D eigenvalue weighted by atomic mass is 127. The lowest BCUT2D eigenvalue weighted by molar-refractivity contribution is -0.112. The maximum Gasteiger partial charge on any atom is 0.266 e. The maximum absolute atomic E-state index is 12.7. The number of hydrogen-bond donors (Lipinski definition) is 1. The van der Waals surface area contributed by atoms with Crippen molar-refractivity contribution < 1.29 is 9.53 Å². The zero-order chi connectivity index (χ0) is 23.3. The monoisotopic (exact) mass is 556 g/mol. The van der Waals surface area contributed by atoms with Crippen LogP contribution in [-0.4, -0.2) is 13.0 Å². The number of nitrogens with zero attached hydrogens (tertiary/aromatic N) is 1. The summed E-state index contributed by atoms with van der Waals surface area (Å²) < 4.78 is 6.58. The third kappa shape index (κ3) is 5.70. The number of carbonyl (C=O) groups excluding carboxylic acids is 1. The molecule has 0 saturated carbocycles. The number of nitrogens with one attached hydrogen (secondary N) is 1. The molecule has 3 aromatic carbocycles. The van der Waals surface area contributed by atoms with E-state index in [2.05, 4.69) is 27.9 Å². The molecule has 4 nitrogen and oxygen atoms in total. The highest BCUT2D eigenvalue weighted by Crippen LogP contribution is 2.31. The summed E-state index contributed by atoms with van der Waals surface area (Å²) in [6.07, 6.45) is 2.19. The molecule has 0 fully saturated rings. The van der Waals surface area contributed by atoms with E-state index in [0.29, 0.717) is 28.4 Å². The molecular weight excluding hydrogens is 535 g/mol. The Kier molecular flexibility index (Phi) is 7.94. The third-order valence-electron chi connectivity index (χ3n) is 5.03. The molecule has 0 spiro atoms. The minimum Gasteiger partial charge on any atom is -0.496 e. The minimum absolute atomic E-state index is 0.0154. The summed E-state index contributed by atoms with van der Waals surface area (Å²) in [4.78, 5) is 12.7. The van der Waals surface area contributed by atoms with E-state index in [1.165, 1.54) is 0 Å². The number of anilines is 1. The Balaban J connectivity index is 1.90. The van der Waals surface area contributed by atoms with Crippen LogP contribution in [0.1, 0.15) is 27.8 Å². The van der Waals surface area contributed by atoms with Crippen molar-refractivity contribution in [2.24, 2.45) is 0 Å². The van der Waals surface area contributed by atoms with Crippen LogP contribution in [0.4, 0.5) is 5.69 Å². The molecular formula is C26H22ClIN2O2. The number of carbonyl (C=O) groups is 1. The van der Waals surface area contributed by atoms with Crippen LogP contribution in [0.15, 0.2) is 60.2 Å². The number of aryl methyl sites for hydroxylation is 2. The van der Waals surface area contributed by atoms with E-state index in [1.54, 1.807) is 13.2 Å². The van der Waals surface area contributed by atoms with Gasteiger partial charge in [0, 0.05) is 26.3 Å². The fourth-order valence-corrected chi connectivity index (χ4v) is 4.38. The van der Waals surface area contributed by atoms with Crippen molar-refractivity contribution in [1.82, 2.24) is 0 Å². The Bertz CT molecular complexity index is 1250. The number of hydrogen-bond acceptors (Lipinski definition) is 3. The highest BCUT2D eigenvalue weighted by molar-refractivity contribution is 14.1. The summed E-state index contributed by atoms with van der Waals surface area (Å²) in [5.74, 6) is 0.226. The molecule has 0 bridgehead atoms. The molecule has 0 heterocycles. The Morgan fingerprint density at radius 3 is 2.59 bits per heavy atom. The minimum atomic E-state index is -0.450. The van der Waals surface area contributed by atoms with Crippen LogP contribution in [0.25, 0.3) is 6.08 Å². The lowest BCUT2D eigenvalue weighted by Gasteiger charge is -2.13. The molecule has 0 unspecified atom stereocenters. The van der Waals surface area contributed by atoms with Crippen molar-refractivity contribution in [2.75, 3.05) is 12.4 Å². The normalized spacial score (nSPS) is 11.1. The molecule has 162 valence electrons. The first-order chi connectivity index (χ1) is 15.3. The first-order valence-corrected chi connectivity index (χ1v) is 11.4. The zero-order valence-corrected chi connectivity index (χ0v) is 20.9. The predicted octanol–water partition coefficient (Wildman–Crippen LogP) is 6.71. The Hall–Kier alpha value is -2.82. The number of amides is 1. The number of benzene rings is 3. The molecule has 0 aliphatic carbocycles. The molecule has 0 saturated heterocycles. The third-order valence-corrected chi connectivity index (χ3v) is 6.36. The van der Waals surface area contributed by atoms with Gasteiger partial charge in [-0.3, -0.25) is 4.79 Å². The van der Waals surface area contributed by atoms with Crippen LogP contribution >= 0.6 is 34.2 Å². The van der Waals surface area contributed by atoms with Gasteiger partial charge in [-0.1, -0.05) is 47.5 Å². The van der Waals surface area contributed by atoms with E-state index in [0.717, 1.165) is 25.8 Å². The van der Waals surface area contributed by atoms with Gasteiger partial charge in [0.2, 0.25) is 0 Å². The smallest absolute Gasteiger partial charge is 0.266 e. The predicted molar refractivity (Wildman–Crippen MR) is 138 cm³/mol. The van der Waals surface area contributed by atoms with Gasteiger partial charge in [0.05, 0.1) is 7.11 Å². The lowest BCUT2D eigenvalue weighted by Crippen LogP contribution is -2.14. The highest BCUT2D eigenvalue weighted by Gasteiger charge is 2.15. The second kappa shape index (κ2) is 10.7. The van der Waals surface area contributed by atoms with Gasteiger partial charge in [-0.2, -0.15) is 5.26 Å². The average molecular weight is 557 g/mol. The standard InChI is InChI=1S/C26H22ClIN2O2/c1-16-8-9-24(17(2)10-16)30-26(31)20(15-29)11-18-12-23(28)21(25(13-18)32-3)14-19-6-4-5-7-22(19)27/h4-13H,14H2,1-3H3,(H,30,31)/b20-11+. The Morgan fingerprint density at radius 1 is 1.19 bits per heavy atom. The fourth-order valence-electron chi connectivity index (χ4n) is 3.36. The Morgan fingerprint density at radius 2 is 1.94 bits per heavy atom. The van der Waals surface area contributed by atoms with E-state index in [1.807, 2.05) is 74.5 Å². The number of halogens is 2. The summed E-state index contributed by atoms with van der Waals surface area (Å²) >= 11 is 8.57. The van der Waals surface area contributed by atoms with Crippen LogP contribution in [0.2, 0.25) is 5.02 Å². The van der Waals surface area contributed by atoms with E-state index < -0.39 is 5.91 Å². The van der Waals surface area contributed by atoms with Crippen molar-refractivity contribution in [2.45, 2.75) is 20.3 Å². The second-order valence-corrected chi connectivity index (χ2v) is 8.96. The summed E-state index contributed by atoms with van der Waals surface area (Å²) in [6, 6.07) is 19.2. The summed E-state index contributed by atoms with van der Waals surface area (Å²) in [5.41, 5.74) is 5.45. The summed E-state index contributed by atoms with van der Waals surface area (Å²) in [6.45, 7) is 3.91. The molecule has 0 aromatic heterocycles. The first kappa shape index (κ1) is 23.8. The van der Waals surface area contributed by atoms with Gasteiger partial charge < -0.3 is 10.1 Å². The molecule has 0 aliphatic heterocycles. The molecule has 0 aliphatic rings. The van der Waals surface area contributed by atoms with Crippen LogP contribution in [0.3, 0.4) is 0 Å². The van der Waals surface area contributed by atoms with Crippen LogP contribution in [-0.2, 0) is 11.2 Å². The van der Waals surface area contributed by atoms with Gasteiger partial charge in [-0.25, -0.2) is 0 Å². The van der Waals surface area contributed by atoms with E-state index >= 15 is 0 Å². The zero-order valence-electron chi connectivity index (χ0n) is 18.0. The van der Waals surface area contributed by atoms with Crippen LogP contribution in [0, 0.1) is 28.7 Å². The summed E-state index contributed by atoms with van der Waals surface area (Å²) in [7, 11) is 1.60. The van der Waals surface area contributed by atoms with E-state index in [9.17, 15) is 10.1 Å². The van der Waals surface area contributed by atoms with E-state index in [-0.39, 0.29) is 5.57 Å². The molecule has 6 heteroatoms. The van der Waals surface area contributed by atoms with Crippen LogP contribution < -0.4 is 10.1 Å². The number of methoxy groups -OCH3 is 1. The second-order valence-electron chi connectivity index (χ2n) is 7.39. The largest absolute Gasteiger partial charge is 0.496 e. The van der Waals surface area contributed by atoms with Crippen molar-refractivity contribution in [1.29, 1.82) is 5.26 Å². The molecule has 32 heavy (non-hydrogen) atoms. The van der Waals surface area contributed by atoms with Gasteiger partial charge in [0.25, 0.3) is 5.91 Å². The molecule has 0 radical (unpaired) electrons. The molecule has 3 rings (SSSR count). The van der Waals surface area contributed by atoms with Crippen molar-refractivity contribution in [3.05, 3.63) is 96.6 Å². The first-order valence-electron chi connectivity index (χ1n) is 9.92. The van der Waals surface area contributed by atoms with Crippen LogP contribution in [0.5, 0.6) is 5.75 Å². The number of nitriles is 1. The lowest BCUT2D eigenvalue weighted by atomic mass is 10.0. The van der Waals surface area contributed by atoms with Crippen molar-refractivity contribution in [3.63, 3.8) is 0 Å². The maximum atomic E-state index is 12.7. The molecule has 1 amide bonds. The van der Waals surface area contributed by atoms with Crippen molar-refractivity contribution >= 4 is 51.9 Å².